The van der Waals surface area contributed by atoms with Gasteiger partial charge in [-0.1, -0.05) is 19.9 Å². The lowest BCUT2D eigenvalue weighted by atomic mass is 10.0. The highest BCUT2D eigenvalue weighted by Gasteiger charge is 2.36. The first-order chi connectivity index (χ1) is 21.1. The Balaban J connectivity index is 1.79. The van der Waals surface area contributed by atoms with Crippen molar-refractivity contribution in [2.45, 2.75) is 66.0 Å². The second-order valence-electron chi connectivity index (χ2n) is 12.5. The van der Waals surface area contributed by atoms with E-state index in [-0.39, 0.29) is 52.8 Å². The number of halogens is 3. The van der Waals surface area contributed by atoms with Crippen LogP contribution in [0.2, 0.25) is 0 Å². The number of anilines is 1. The molecule has 1 aliphatic heterocycles. The molecule has 0 radical (unpaired) electrons. The van der Waals surface area contributed by atoms with Crippen LogP contribution >= 0.6 is 0 Å². The van der Waals surface area contributed by atoms with E-state index in [2.05, 4.69) is 9.97 Å². The average molecular weight is 625 g/mol. The number of amides is 1. The number of carbonyl (C=O) groups is 1. The number of aromatic nitrogens is 4. The zero-order chi connectivity index (χ0) is 33.0. The van der Waals surface area contributed by atoms with Gasteiger partial charge in [0, 0.05) is 31.9 Å². The fraction of sp³-hybridized carbons (Fsp3) is 0.406. The summed E-state index contributed by atoms with van der Waals surface area (Å²) in [5, 5.41) is 14.2. The zero-order valence-electron chi connectivity index (χ0n) is 26.2. The minimum absolute atomic E-state index is 0.000662. The van der Waals surface area contributed by atoms with Gasteiger partial charge in [0.25, 0.3) is 0 Å². The van der Waals surface area contributed by atoms with Gasteiger partial charge in [-0.15, -0.1) is 4.57 Å². The smallest absolute Gasteiger partial charge is 0.442 e. The number of hydrogen-bond acceptors (Lipinski definition) is 7. The summed E-state index contributed by atoms with van der Waals surface area (Å²) in [4.78, 5) is 38.8. The van der Waals surface area contributed by atoms with E-state index in [1.54, 1.807) is 51.8 Å². The van der Waals surface area contributed by atoms with Gasteiger partial charge in [0.1, 0.15) is 22.6 Å². The molecule has 0 spiro atoms. The summed E-state index contributed by atoms with van der Waals surface area (Å²) in [6.07, 6.45) is 1.07. The van der Waals surface area contributed by atoms with Gasteiger partial charge in [0.15, 0.2) is 23.0 Å². The Kier molecular flexibility index (Phi) is 8.23. The van der Waals surface area contributed by atoms with Crippen LogP contribution in [0.1, 0.15) is 58.7 Å². The topological polar surface area (TPSA) is 108 Å². The number of benzene rings is 1. The minimum Gasteiger partial charge on any atom is -0.710 e. The third-order valence-corrected chi connectivity index (χ3v) is 7.65. The normalized spacial score (nSPS) is 15.7. The summed E-state index contributed by atoms with van der Waals surface area (Å²) in [5.74, 6) is -3.70. The first-order valence-corrected chi connectivity index (χ1v) is 14.6. The van der Waals surface area contributed by atoms with E-state index in [0.717, 1.165) is 28.8 Å². The Morgan fingerprint density at radius 2 is 1.78 bits per heavy atom. The summed E-state index contributed by atoms with van der Waals surface area (Å²) in [6, 6.07) is 5.13. The van der Waals surface area contributed by atoms with E-state index < -0.39 is 52.1 Å². The Bertz CT molecular complexity index is 1850. The van der Waals surface area contributed by atoms with Crippen molar-refractivity contribution in [2.75, 3.05) is 24.5 Å². The van der Waals surface area contributed by atoms with Gasteiger partial charge in [-0.05, 0) is 70.4 Å². The molecule has 0 aliphatic carbocycles. The van der Waals surface area contributed by atoms with Crippen molar-refractivity contribution in [3.05, 3.63) is 80.9 Å². The van der Waals surface area contributed by atoms with Crippen LogP contribution in [-0.4, -0.2) is 56.8 Å². The molecule has 5 rings (SSSR count). The highest BCUT2D eigenvalue weighted by atomic mass is 19.1. The molecule has 1 aromatic carbocycles. The summed E-state index contributed by atoms with van der Waals surface area (Å²) >= 11 is 0. The van der Waals surface area contributed by atoms with Gasteiger partial charge in [0.2, 0.25) is 0 Å². The molecule has 238 valence electrons. The molecule has 45 heavy (non-hydrogen) atoms. The highest BCUT2D eigenvalue weighted by molar-refractivity contribution is 5.88. The van der Waals surface area contributed by atoms with Crippen LogP contribution in [0.4, 0.5) is 23.8 Å². The van der Waals surface area contributed by atoms with E-state index in [0.29, 0.717) is 11.3 Å². The van der Waals surface area contributed by atoms with Gasteiger partial charge in [0.05, 0.1) is 11.3 Å². The van der Waals surface area contributed by atoms with Gasteiger partial charge in [-0.3, -0.25) is 4.98 Å². The quantitative estimate of drug-likeness (QED) is 0.222. The summed E-state index contributed by atoms with van der Waals surface area (Å²) in [7, 11) is 0. The predicted molar refractivity (Wildman–Crippen MR) is 163 cm³/mol. The van der Waals surface area contributed by atoms with Crippen LogP contribution in [0, 0.1) is 29.6 Å². The molecule has 0 unspecified atom stereocenters. The van der Waals surface area contributed by atoms with Crippen LogP contribution < -0.4 is 15.3 Å². The van der Waals surface area contributed by atoms with E-state index in [1.165, 1.54) is 4.90 Å². The van der Waals surface area contributed by atoms with E-state index in [4.69, 9.17) is 4.74 Å². The van der Waals surface area contributed by atoms with Crippen LogP contribution in [-0.2, 0) is 4.74 Å². The lowest BCUT2D eigenvalue weighted by Crippen LogP contribution is -2.55. The molecular formula is C32H35F3N6O4. The Hall–Kier alpha value is -4.68. The number of aryl methyl sites for hydroxylation is 1. The number of carbonyl (C=O) groups excluding carboxylic acids is 1. The maximum Gasteiger partial charge on any atom is 0.442 e. The molecule has 0 N–H and O–H groups in total. The molecule has 0 saturated carbocycles. The van der Waals surface area contributed by atoms with Crippen LogP contribution in [0.3, 0.4) is 0 Å². The van der Waals surface area contributed by atoms with Crippen molar-refractivity contribution in [1.82, 2.24) is 19.4 Å². The molecule has 1 atom stereocenters. The molecule has 10 nitrogen and oxygen atoms in total. The second kappa shape index (κ2) is 11.7. The number of nitrogens with zero attached hydrogens (tertiary/aromatic N) is 6. The lowest BCUT2D eigenvalue weighted by Gasteiger charge is -2.40. The molecular weight excluding hydrogens is 589 g/mol. The highest BCUT2D eigenvalue weighted by Crippen LogP contribution is 2.34. The number of fused-ring (bicyclic) bond motifs is 1. The Labute approximate surface area is 258 Å². The summed E-state index contributed by atoms with van der Waals surface area (Å²) < 4.78 is 52.5. The first kappa shape index (κ1) is 31.7. The number of pyridine rings is 2. The summed E-state index contributed by atoms with van der Waals surface area (Å²) in [6.45, 7) is 13.1. The van der Waals surface area contributed by atoms with Gasteiger partial charge >= 0.3 is 17.4 Å². The van der Waals surface area contributed by atoms with E-state index in [1.807, 2.05) is 13.8 Å². The first-order valence-electron chi connectivity index (χ1n) is 14.6. The zero-order valence-corrected chi connectivity index (χ0v) is 26.2. The van der Waals surface area contributed by atoms with E-state index >= 15 is 4.39 Å². The molecule has 4 aromatic rings. The van der Waals surface area contributed by atoms with Gasteiger partial charge in [-0.25, -0.2) is 27.5 Å². The SMILES string of the molecule is Cc1ccnc(C(C)C)c1-n1c(=O)nc(N2CCN(C(=O)OC(C)(C)C)C[C@@H]2C)c2cc(F)c(-c3c(F)cccc3F)[n+]([O-])c21. The number of hydrogen-bond donors (Lipinski definition) is 0. The minimum atomic E-state index is -1.21. The monoisotopic (exact) mass is 624 g/mol. The molecule has 1 aliphatic rings. The molecule has 3 aromatic heterocycles. The Morgan fingerprint density at radius 1 is 1.11 bits per heavy atom. The number of ether oxygens (including phenoxy) is 1. The van der Waals surface area contributed by atoms with Crippen molar-refractivity contribution in [3.63, 3.8) is 0 Å². The molecule has 13 heteroatoms. The fourth-order valence-corrected chi connectivity index (χ4v) is 5.65. The van der Waals surface area contributed by atoms with Crippen molar-refractivity contribution in [2.24, 2.45) is 0 Å². The fourth-order valence-electron chi connectivity index (χ4n) is 5.65. The van der Waals surface area contributed by atoms with E-state index in [9.17, 15) is 23.6 Å². The molecule has 0 bridgehead atoms. The van der Waals surface area contributed by atoms with Gasteiger partial charge < -0.3 is 19.7 Å². The summed E-state index contributed by atoms with van der Waals surface area (Å²) in [5.41, 5.74) is -2.41. The average Bonchev–Trinajstić information content (AvgIpc) is 2.94. The van der Waals surface area contributed by atoms with Crippen LogP contribution in [0.25, 0.3) is 28.0 Å². The molecule has 1 fully saturated rings. The predicted octanol–water partition coefficient (Wildman–Crippen LogP) is 5.38. The van der Waals surface area contributed by atoms with Crippen LogP contribution in [0.15, 0.2) is 41.3 Å². The van der Waals surface area contributed by atoms with Gasteiger partial charge in [-0.2, -0.15) is 4.98 Å². The lowest BCUT2D eigenvalue weighted by molar-refractivity contribution is -0.569. The second-order valence-corrected chi connectivity index (χ2v) is 12.5. The third kappa shape index (κ3) is 5.78. The van der Waals surface area contributed by atoms with Crippen molar-refractivity contribution in [1.29, 1.82) is 0 Å². The van der Waals surface area contributed by atoms with Crippen molar-refractivity contribution < 1.29 is 27.4 Å². The third-order valence-electron chi connectivity index (χ3n) is 7.65. The maximum atomic E-state index is 15.9. The maximum absolute atomic E-state index is 15.9. The standard InChI is InChI=1S/C32H35F3N6O4/c1-17(2)25-26(18(3)11-12-36-25)40-29-20(15-23(35)27(41(29)44)24-21(33)9-8-10-22(24)34)28(37-30(40)42)39-14-13-38(16-19(39)4)31(43)45-32(5,6)7/h8-12,15,17,19H,13-14,16H2,1-7H3/t19-/m0/s1. The molecule has 1 saturated heterocycles. The van der Waals surface area contributed by atoms with Crippen molar-refractivity contribution in [3.8, 4) is 16.9 Å². The largest absolute Gasteiger partial charge is 0.710 e. The Morgan fingerprint density at radius 3 is 2.38 bits per heavy atom. The number of rotatable bonds is 4. The van der Waals surface area contributed by atoms with Crippen molar-refractivity contribution >= 4 is 22.9 Å². The molecule has 4 heterocycles. The van der Waals surface area contributed by atoms with Crippen LogP contribution in [0.5, 0.6) is 0 Å². The molecule has 1 amide bonds. The number of piperazine rings is 1.